The SMILES string of the molecule is CC1(C)CCC23CC[C@@]4(C)C(CCC5C6(C)C=C(O)C(=O)C(C)(C)C6CCC54C)C2C1OC3=O. The number of hydrogen-bond donors (Lipinski definition) is 1. The fraction of sp³-hybridized carbons (Fsp3) is 0.867. The molecular formula is C30H44O4. The van der Waals surface area contributed by atoms with Crippen molar-refractivity contribution in [3.63, 3.8) is 0 Å². The summed E-state index contributed by atoms with van der Waals surface area (Å²) in [6.07, 6.45) is 10.5. The topological polar surface area (TPSA) is 63.6 Å². The number of esters is 1. The predicted molar refractivity (Wildman–Crippen MR) is 131 cm³/mol. The first kappa shape index (κ1) is 23.1. The minimum absolute atomic E-state index is 0.0195. The van der Waals surface area contributed by atoms with Crippen molar-refractivity contribution in [3.8, 4) is 0 Å². The van der Waals surface area contributed by atoms with Crippen molar-refractivity contribution in [2.45, 2.75) is 106 Å². The lowest BCUT2D eigenvalue weighted by molar-refractivity contribution is -0.227. The third-order valence-corrected chi connectivity index (χ3v) is 13.4. The fourth-order valence-electron chi connectivity index (χ4n) is 11.3. The summed E-state index contributed by atoms with van der Waals surface area (Å²) in [4.78, 5) is 26.3. The molecule has 188 valence electrons. The third kappa shape index (κ3) is 2.33. The van der Waals surface area contributed by atoms with E-state index in [9.17, 15) is 14.7 Å². The first-order valence-electron chi connectivity index (χ1n) is 13.8. The van der Waals surface area contributed by atoms with E-state index >= 15 is 0 Å². The van der Waals surface area contributed by atoms with E-state index in [1.54, 1.807) is 0 Å². The number of hydrogen-bond acceptors (Lipinski definition) is 4. The zero-order chi connectivity index (χ0) is 24.7. The van der Waals surface area contributed by atoms with Gasteiger partial charge in [0.15, 0.2) is 5.76 Å². The maximum atomic E-state index is 13.3. The van der Waals surface area contributed by atoms with Crippen LogP contribution in [0.25, 0.3) is 0 Å². The molecule has 9 atom stereocenters. The lowest BCUT2D eigenvalue weighted by atomic mass is 9.32. The van der Waals surface area contributed by atoms with Gasteiger partial charge in [0.05, 0.1) is 5.41 Å². The quantitative estimate of drug-likeness (QED) is 0.405. The van der Waals surface area contributed by atoms with Gasteiger partial charge in [-0.3, -0.25) is 9.59 Å². The Balaban J connectivity index is 1.45. The lowest BCUT2D eigenvalue weighted by Gasteiger charge is -2.71. The summed E-state index contributed by atoms with van der Waals surface area (Å²) in [6.45, 7) is 16.1. The molecule has 4 saturated carbocycles. The smallest absolute Gasteiger partial charge is 0.312 e. The molecule has 5 aliphatic carbocycles. The first-order chi connectivity index (χ1) is 15.7. The molecular weight excluding hydrogens is 424 g/mol. The second-order valence-electron chi connectivity index (χ2n) is 15.1. The first-order valence-corrected chi connectivity index (χ1v) is 13.8. The fourth-order valence-corrected chi connectivity index (χ4v) is 11.3. The number of aliphatic hydroxyl groups excluding tert-OH is 1. The molecule has 5 fully saturated rings. The van der Waals surface area contributed by atoms with E-state index in [0.29, 0.717) is 17.8 Å². The van der Waals surface area contributed by atoms with Crippen molar-refractivity contribution in [2.75, 3.05) is 0 Å². The van der Waals surface area contributed by atoms with Crippen molar-refractivity contribution < 1.29 is 19.4 Å². The number of carbonyl (C=O) groups excluding carboxylic acids is 2. The minimum atomic E-state index is -0.532. The summed E-state index contributed by atoms with van der Waals surface area (Å²) in [7, 11) is 0. The number of Topliss-reactive ketones (excluding diaryl/α,β-unsaturated/α-hetero) is 1. The number of ketones is 1. The number of allylic oxidation sites excluding steroid dienone is 2. The summed E-state index contributed by atoms with van der Waals surface area (Å²) in [5.74, 6) is 1.50. The highest BCUT2D eigenvalue weighted by molar-refractivity contribution is 5.98. The van der Waals surface area contributed by atoms with Crippen LogP contribution in [0.15, 0.2) is 11.8 Å². The molecule has 0 spiro atoms. The summed E-state index contributed by atoms with van der Waals surface area (Å²) >= 11 is 0. The second kappa shape index (κ2) is 6.32. The van der Waals surface area contributed by atoms with Gasteiger partial charge < -0.3 is 9.84 Å². The van der Waals surface area contributed by atoms with E-state index < -0.39 is 5.41 Å². The lowest BCUT2D eigenvalue weighted by Crippen LogP contribution is -2.67. The van der Waals surface area contributed by atoms with Gasteiger partial charge in [-0.15, -0.1) is 0 Å². The van der Waals surface area contributed by atoms with Crippen LogP contribution >= 0.6 is 0 Å². The molecule has 1 heterocycles. The molecule has 8 unspecified atom stereocenters. The van der Waals surface area contributed by atoms with Gasteiger partial charge in [0.25, 0.3) is 0 Å². The van der Waals surface area contributed by atoms with Crippen molar-refractivity contribution in [2.24, 2.45) is 56.2 Å². The van der Waals surface area contributed by atoms with Gasteiger partial charge in [-0.1, -0.05) is 48.5 Å². The molecule has 6 rings (SSSR count). The Hall–Kier alpha value is -1.32. The zero-order valence-corrected chi connectivity index (χ0v) is 22.3. The van der Waals surface area contributed by atoms with Crippen molar-refractivity contribution >= 4 is 11.8 Å². The maximum Gasteiger partial charge on any atom is 0.312 e. The van der Waals surface area contributed by atoms with E-state index in [0.717, 1.165) is 51.4 Å². The molecule has 34 heavy (non-hydrogen) atoms. The Labute approximate surface area is 205 Å². The van der Waals surface area contributed by atoms with Crippen LogP contribution in [0.3, 0.4) is 0 Å². The van der Waals surface area contributed by atoms with Gasteiger partial charge in [0.1, 0.15) is 6.10 Å². The van der Waals surface area contributed by atoms with E-state index in [4.69, 9.17) is 4.74 Å². The largest absolute Gasteiger partial charge is 0.505 e. The summed E-state index contributed by atoms with van der Waals surface area (Å²) in [5.41, 5.74) is -0.688. The Kier molecular flexibility index (Phi) is 4.30. The average molecular weight is 469 g/mol. The Morgan fingerprint density at radius 1 is 0.824 bits per heavy atom. The summed E-state index contributed by atoms with van der Waals surface area (Å²) in [5, 5.41) is 10.8. The Bertz CT molecular complexity index is 1010. The predicted octanol–water partition coefficient (Wildman–Crippen LogP) is 6.63. The Morgan fingerprint density at radius 3 is 2.21 bits per heavy atom. The van der Waals surface area contributed by atoms with Gasteiger partial charge in [-0.25, -0.2) is 0 Å². The van der Waals surface area contributed by atoms with Crippen LogP contribution in [0.2, 0.25) is 0 Å². The van der Waals surface area contributed by atoms with Gasteiger partial charge in [-0.05, 0) is 91.4 Å². The van der Waals surface area contributed by atoms with Crippen LogP contribution < -0.4 is 0 Å². The van der Waals surface area contributed by atoms with Crippen molar-refractivity contribution in [1.82, 2.24) is 0 Å². The molecule has 0 radical (unpaired) electrons. The van der Waals surface area contributed by atoms with E-state index in [1.807, 2.05) is 19.9 Å². The third-order valence-electron chi connectivity index (χ3n) is 13.4. The van der Waals surface area contributed by atoms with Crippen LogP contribution in [0.5, 0.6) is 0 Å². The van der Waals surface area contributed by atoms with Crippen LogP contribution in [0, 0.1) is 56.2 Å². The van der Waals surface area contributed by atoms with E-state index in [2.05, 4.69) is 34.6 Å². The molecule has 2 bridgehead atoms. The Morgan fingerprint density at radius 2 is 1.50 bits per heavy atom. The number of rotatable bonds is 0. The van der Waals surface area contributed by atoms with Crippen molar-refractivity contribution in [3.05, 3.63) is 11.8 Å². The molecule has 1 aliphatic heterocycles. The van der Waals surface area contributed by atoms with E-state index in [-0.39, 0.29) is 56.6 Å². The summed E-state index contributed by atoms with van der Waals surface area (Å²) < 4.78 is 6.24. The molecule has 1 saturated heterocycles. The monoisotopic (exact) mass is 468 g/mol. The molecule has 4 heteroatoms. The number of fused-ring (bicyclic) bond motifs is 5. The highest BCUT2D eigenvalue weighted by atomic mass is 16.6. The maximum absolute atomic E-state index is 13.3. The molecule has 0 aromatic carbocycles. The van der Waals surface area contributed by atoms with Gasteiger partial charge in [0.2, 0.25) is 5.78 Å². The van der Waals surface area contributed by atoms with Crippen LogP contribution in [0.1, 0.15) is 99.8 Å². The van der Waals surface area contributed by atoms with Crippen LogP contribution in [-0.4, -0.2) is 23.0 Å². The standard InChI is InChI=1S/C30H44O4/c1-25(2)12-14-30-15-13-28(6)17(21(30)23(25)34-24(30)33)8-9-20-27(5)16-18(31)22(32)26(3,4)19(27)10-11-29(20,28)7/h16-17,19-21,23,31H,8-15H2,1-7H3/t17?,19?,20?,21?,23?,27?,28-,29?,30?/m0/s1. The zero-order valence-electron chi connectivity index (χ0n) is 22.3. The minimum Gasteiger partial charge on any atom is -0.505 e. The van der Waals surface area contributed by atoms with Crippen molar-refractivity contribution in [1.29, 1.82) is 0 Å². The number of ether oxygens (including phenoxy) is 1. The van der Waals surface area contributed by atoms with Crippen LogP contribution in [-0.2, 0) is 14.3 Å². The molecule has 6 aliphatic rings. The molecule has 0 amide bonds. The normalized spacial score (nSPS) is 54.7. The molecule has 4 nitrogen and oxygen atoms in total. The number of carbonyl (C=O) groups is 2. The van der Waals surface area contributed by atoms with Gasteiger partial charge in [0, 0.05) is 16.7 Å². The molecule has 0 aromatic rings. The highest BCUT2D eigenvalue weighted by Gasteiger charge is 2.75. The summed E-state index contributed by atoms with van der Waals surface area (Å²) in [6, 6.07) is 0. The van der Waals surface area contributed by atoms with Crippen LogP contribution in [0.4, 0.5) is 0 Å². The average Bonchev–Trinajstić information content (AvgIpc) is 3.00. The number of aliphatic hydroxyl groups is 1. The molecule has 1 N–H and O–H groups in total. The van der Waals surface area contributed by atoms with Gasteiger partial charge >= 0.3 is 5.97 Å². The van der Waals surface area contributed by atoms with E-state index in [1.165, 1.54) is 0 Å². The van der Waals surface area contributed by atoms with Gasteiger partial charge in [-0.2, -0.15) is 0 Å². The molecule has 0 aromatic heterocycles. The highest BCUT2D eigenvalue weighted by Crippen LogP contribution is 2.77. The second-order valence-corrected chi connectivity index (χ2v) is 15.1.